The van der Waals surface area contributed by atoms with Gasteiger partial charge in [-0.05, 0) is 61.2 Å². The minimum atomic E-state index is -4.42. The van der Waals surface area contributed by atoms with Crippen molar-refractivity contribution in [2.75, 3.05) is 0 Å². The minimum Gasteiger partial charge on any atom is -0.366 e. The number of hydrogen-bond acceptors (Lipinski definition) is 4. The molecule has 0 atom stereocenters. The quantitative estimate of drug-likeness (QED) is 0.680. The molecule has 3 heterocycles. The molecule has 0 fully saturated rings. The number of carbonyl (C=O) groups is 1. The normalized spacial score (nSPS) is 12.5. The molecular formula is C22H20F3N5O. The van der Waals surface area contributed by atoms with E-state index in [0.29, 0.717) is 22.4 Å². The van der Waals surface area contributed by atoms with Gasteiger partial charge in [0.2, 0.25) is 5.91 Å². The molecule has 2 aromatic heterocycles. The molecule has 0 saturated heterocycles. The van der Waals surface area contributed by atoms with E-state index in [1.54, 1.807) is 18.2 Å². The van der Waals surface area contributed by atoms with E-state index in [1.807, 2.05) is 23.7 Å². The summed E-state index contributed by atoms with van der Waals surface area (Å²) in [6, 6.07) is 11.4. The highest BCUT2D eigenvalue weighted by Gasteiger charge is 2.32. The summed E-state index contributed by atoms with van der Waals surface area (Å²) in [7, 11) is 0. The Hall–Kier alpha value is -3.67. The number of pyridine rings is 1. The maximum absolute atomic E-state index is 12.6. The topological polar surface area (TPSA) is 97.6 Å². The second-order valence-corrected chi connectivity index (χ2v) is 7.02. The molecule has 0 radical (unpaired) electrons. The fourth-order valence-electron chi connectivity index (χ4n) is 3.25. The van der Waals surface area contributed by atoms with Gasteiger partial charge >= 0.3 is 6.18 Å². The van der Waals surface area contributed by atoms with E-state index < -0.39 is 17.8 Å². The molecule has 2 N–H and O–H groups in total. The summed E-state index contributed by atoms with van der Waals surface area (Å²) in [5.74, 6) is -0.494. The summed E-state index contributed by atoms with van der Waals surface area (Å²) in [6.07, 6.45) is -0.478. The van der Waals surface area contributed by atoms with Gasteiger partial charge in [0.25, 0.3) is 0 Å². The summed E-state index contributed by atoms with van der Waals surface area (Å²) in [6.45, 7) is 2.80. The number of carbonyl (C=O) groups excluding carboxylic acids is 1. The van der Waals surface area contributed by atoms with Crippen LogP contribution in [0.2, 0.25) is 0 Å². The third-order valence-corrected chi connectivity index (χ3v) is 4.83. The van der Waals surface area contributed by atoms with Crippen LogP contribution in [0.4, 0.5) is 13.2 Å². The number of amides is 1. The van der Waals surface area contributed by atoms with Crippen molar-refractivity contribution in [3.8, 4) is 17.3 Å². The Morgan fingerprint density at radius 1 is 1.26 bits per heavy atom. The first-order chi connectivity index (χ1) is 14.7. The third-order valence-electron chi connectivity index (χ3n) is 4.83. The SMILES string of the molecule is CCc1cc(C#N)cc(C(N)=O)c1.FC(F)(F)c1cc(-c2cc3n(n2)CCC3)ccn1. The number of primary amides is 1. The maximum Gasteiger partial charge on any atom is 0.433 e. The van der Waals surface area contributed by atoms with Crippen LogP contribution in [0.3, 0.4) is 0 Å². The molecule has 1 amide bonds. The van der Waals surface area contributed by atoms with Gasteiger partial charge in [-0.1, -0.05) is 6.92 Å². The van der Waals surface area contributed by atoms with Gasteiger partial charge in [0, 0.05) is 29.6 Å². The Morgan fingerprint density at radius 3 is 2.65 bits per heavy atom. The van der Waals surface area contributed by atoms with Crippen LogP contribution >= 0.6 is 0 Å². The summed E-state index contributed by atoms with van der Waals surface area (Å²) in [5, 5.41) is 13.0. The van der Waals surface area contributed by atoms with Gasteiger partial charge in [0.1, 0.15) is 5.69 Å². The molecule has 6 nitrogen and oxygen atoms in total. The number of hydrogen-bond donors (Lipinski definition) is 1. The van der Waals surface area contributed by atoms with Gasteiger partial charge in [-0.2, -0.15) is 23.5 Å². The predicted octanol–water partition coefficient (Wildman–Crippen LogP) is 4.13. The Morgan fingerprint density at radius 2 is 2.03 bits per heavy atom. The summed E-state index contributed by atoms with van der Waals surface area (Å²) >= 11 is 0. The number of nitrogens with zero attached hydrogens (tertiary/aromatic N) is 4. The molecule has 1 aromatic carbocycles. The number of nitrogens with two attached hydrogens (primary N) is 1. The lowest BCUT2D eigenvalue weighted by atomic mass is 10.0. The van der Waals surface area contributed by atoms with Crippen molar-refractivity contribution in [3.05, 3.63) is 70.7 Å². The first kappa shape index (κ1) is 22.0. The Balaban J connectivity index is 0.000000187. The lowest BCUT2D eigenvalue weighted by Gasteiger charge is -2.06. The first-order valence-electron chi connectivity index (χ1n) is 9.65. The number of rotatable bonds is 3. The van der Waals surface area contributed by atoms with Gasteiger partial charge in [0.15, 0.2) is 0 Å². The molecule has 0 spiro atoms. The van der Waals surface area contributed by atoms with Crippen LogP contribution in [0.1, 0.15) is 46.2 Å². The first-order valence-corrected chi connectivity index (χ1v) is 9.65. The second kappa shape index (κ2) is 9.00. The largest absolute Gasteiger partial charge is 0.433 e. The van der Waals surface area contributed by atoms with Crippen molar-refractivity contribution in [1.29, 1.82) is 5.26 Å². The number of alkyl halides is 3. The standard InChI is InChI=1S/C12H10F3N3.C10H10N2O/c13-12(14,15)11-6-8(3-4-16-11)10-7-9-2-1-5-18(9)17-10;1-2-7-3-8(6-11)5-9(4-7)10(12)13/h3-4,6-7H,1-2,5H2;3-5H,2H2,1H3,(H2,12,13). The zero-order chi connectivity index (χ0) is 22.6. The number of aromatic nitrogens is 3. The smallest absolute Gasteiger partial charge is 0.366 e. The minimum absolute atomic E-state index is 0.399. The van der Waals surface area contributed by atoms with E-state index in [0.717, 1.165) is 43.1 Å². The van der Waals surface area contributed by atoms with E-state index in [-0.39, 0.29) is 0 Å². The molecule has 4 rings (SSSR count). The summed E-state index contributed by atoms with van der Waals surface area (Å²) in [5.41, 5.74) is 8.18. The summed E-state index contributed by atoms with van der Waals surface area (Å²) in [4.78, 5) is 14.2. The van der Waals surface area contributed by atoms with E-state index in [1.165, 1.54) is 12.3 Å². The van der Waals surface area contributed by atoms with Crippen LogP contribution in [0, 0.1) is 11.3 Å². The molecule has 1 aliphatic rings. The third kappa shape index (κ3) is 5.28. The van der Waals surface area contributed by atoms with Gasteiger partial charge in [-0.15, -0.1) is 0 Å². The van der Waals surface area contributed by atoms with Crippen LogP contribution in [0.15, 0.2) is 42.6 Å². The fraction of sp³-hybridized carbons (Fsp3) is 0.273. The number of nitriles is 1. The van der Waals surface area contributed by atoms with Gasteiger partial charge < -0.3 is 5.73 Å². The lowest BCUT2D eigenvalue weighted by molar-refractivity contribution is -0.141. The van der Waals surface area contributed by atoms with Crippen molar-refractivity contribution in [2.45, 2.75) is 38.9 Å². The molecule has 9 heteroatoms. The number of halogens is 3. The molecular weight excluding hydrogens is 407 g/mol. The Bertz CT molecular complexity index is 1120. The van der Waals surface area contributed by atoms with Gasteiger partial charge in [-0.3, -0.25) is 14.5 Å². The van der Waals surface area contributed by atoms with Crippen molar-refractivity contribution in [1.82, 2.24) is 14.8 Å². The number of fused-ring (bicyclic) bond motifs is 1. The Kier molecular flexibility index (Phi) is 6.39. The molecule has 0 bridgehead atoms. The second-order valence-electron chi connectivity index (χ2n) is 7.02. The van der Waals surface area contributed by atoms with Crippen LogP contribution in [0.25, 0.3) is 11.3 Å². The van der Waals surface area contributed by atoms with Crippen LogP contribution < -0.4 is 5.73 Å². The number of aryl methyl sites for hydroxylation is 3. The van der Waals surface area contributed by atoms with E-state index in [4.69, 9.17) is 11.0 Å². The molecule has 1 aliphatic heterocycles. The highest BCUT2D eigenvalue weighted by Crippen LogP contribution is 2.30. The highest BCUT2D eigenvalue weighted by molar-refractivity contribution is 5.93. The zero-order valence-corrected chi connectivity index (χ0v) is 16.8. The monoisotopic (exact) mass is 427 g/mol. The van der Waals surface area contributed by atoms with Gasteiger partial charge in [-0.25, -0.2) is 0 Å². The molecule has 0 aliphatic carbocycles. The molecule has 31 heavy (non-hydrogen) atoms. The average Bonchev–Trinajstić information content (AvgIpc) is 3.35. The van der Waals surface area contributed by atoms with Crippen LogP contribution in [-0.4, -0.2) is 20.7 Å². The van der Waals surface area contributed by atoms with Crippen LogP contribution in [-0.2, 0) is 25.6 Å². The average molecular weight is 427 g/mol. The van der Waals surface area contributed by atoms with E-state index >= 15 is 0 Å². The molecule has 160 valence electrons. The zero-order valence-electron chi connectivity index (χ0n) is 16.8. The lowest BCUT2D eigenvalue weighted by Crippen LogP contribution is -2.11. The Labute approximate surface area is 177 Å². The van der Waals surface area contributed by atoms with E-state index in [9.17, 15) is 18.0 Å². The van der Waals surface area contributed by atoms with Crippen molar-refractivity contribution >= 4 is 5.91 Å². The molecule has 0 unspecified atom stereocenters. The molecule has 0 saturated carbocycles. The van der Waals surface area contributed by atoms with Crippen molar-refractivity contribution in [2.24, 2.45) is 5.73 Å². The van der Waals surface area contributed by atoms with Crippen molar-refractivity contribution in [3.63, 3.8) is 0 Å². The summed E-state index contributed by atoms with van der Waals surface area (Å²) < 4.78 is 39.5. The number of benzene rings is 1. The maximum atomic E-state index is 12.6. The van der Waals surface area contributed by atoms with E-state index in [2.05, 4.69) is 10.1 Å². The van der Waals surface area contributed by atoms with Crippen molar-refractivity contribution < 1.29 is 18.0 Å². The highest BCUT2D eigenvalue weighted by atomic mass is 19.4. The predicted molar refractivity (Wildman–Crippen MR) is 108 cm³/mol. The fourth-order valence-corrected chi connectivity index (χ4v) is 3.25. The van der Waals surface area contributed by atoms with Gasteiger partial charge in [0.05, 0.1) is 17.3 Å². The van der Waals surface area contributed by atoms with Crippen LogP contribution in [0.5, 0.6) is 0 Å². The molecule has 3 aromatic rings.